The molecule has 1 atom stereocenters. The summed E-state index contributed by atoms with van der Waals surface area (Å²) in [5, 5.41) is 13.1. The highest BCUT2D eigenvalue weighted by Gasteiger charge is 2.33. The molecular formula is C22H24FN3OS. The van der Waals surface area contributed by atoms with E-state index in [0.29, 0.717) is 35.1 Å². The fourth-order valence-electron chi connectivity index (χ4n) is 4.12. The first-order valence-electron chi connectivity index (χ1n) is 9.93. The second kappa shape index (κ2) is 8.02. The Morgan fingerprint density at radius 1 is 1.39 bits per heavy atom. The molecule has 1 amide bonds. The Morgan fingerprint density at radius 3 is 2.89 bits per heavy atom. The van der Waals surface area contributed by atoms with E-state index in [2.05, 4.69) is 16.3 Å². The van der Waals surface area contributed by atoms with Crippen LogP contribution in [0.4, 0.5) is 9.39 Å². The predicted octanol–water partition coefficient (Wildman–Crippen LogP) is 4.80. The Morgan fingerprint density at radius 2 is 2.18 bits per heavy atom. The number of thiophene rings is 1. The fraction of sp³-hybridized carbons (Fsp3) is 0.455. The van der Waals surface area contributed by atoms with Gasteiger partial charge in [0.25, 0.3) is 0 Å². The number of hydrogen-bond donors (Lipinski definition) is 1. The smallest absolute Gasteiger partial charge is 0.226 e. The molecule has 0 saturated heterocycles. The maximum Gasteiger partial charge on any atom is 0.226 e. The molecule has 4 nitrogen and oxygen atoms in total. The van der Waals surface area contributed by atoms with E-state index in [9.17, 15) is 14.4 Å². The average Bonchev–Trinajstić information content (AvgIpc) is 3.32. The van der Waals surface area contributed by atoms with Gasteiger partial charge in [-0.3, -0.25) is 9.69 Å². The number of nitrogens with one attached hydrogen (secondary N) is 1. The minimum atomic E-state index is -0.197. The zero-order valence-corrected chi connectivity index (χ0v) is 16.8. The molecule has 0 bridgehead atoms. The molecule has 0 radical (unpaired) electrons. The molecule has 0 aliphatic heterocycles. The highest BCUT2D eigenvalue weighted by Crippen LogP contribution is 2.39. The summed E-state index contributed by atoms with van der Waals surface area (Å²) in [6.07, 6.45) is 5.55. The average molecular weight is 398 g/mol. The zero-order valence-electron chi connectivity index (χ0n) is 16.0. The lowest BCUT2D eigenvalue weighted by Crippen LogP contribution is -2.33. The van der Waals surface area contributed by atoms with E-state index < -0.39 is 0 Å². The number of nitriles is 1. The molecule has 2 aromatic rings. The lowest BCUT2D eigenvalue weighted by molar-refractivity contribution is -0.116. The maximum atomic E-state index is 14.2. The normalized spacial score (nSPS) is 16.6. The lowest BCUT2D eigenvalue weighted by Gasteiger charge is -2.29. The van der Waals surface area contributed by atoms with Crippen LogP contribution in [-0.2, 0) is 17.6 Å². The minimum Gasteiger partial charge on any atom is -0.317 e. The highest BCUT2D eigenvalue weighted by molar-refractivity contribution is 7.16. The van der Waals surface area contributed by atoms with Gasteiger partial charge in [0.1, 0.15) is 16.9 Å². The van der Waals surface area contributed by atoms with Gasteiger partial charge in [0, 0.05) is 35.5 Å². The van der Waals surface area contributed by atoms with Gasteiger partial charge in [-0.25, -0.2) is 4.39 Å². The van der Waals surface area contributed by atoms with Crippen LogP contribution in [0.2, 0.25) is 0 Å². The van der Waals surface area contributed by atoms with Crippen molar-refractivity contribution in [2.75, 3.05) is 11.9 Å². The molecule has 1 heterocycles. The number of hydrogen-bond acceptors (Lipinski definition) is 4. The first-order chi connectivity index (χ1) is 13.6. The van der Waals surface area contributed by atoms with Crippen LogP contribution >= 0.6 is 11.3 Å². The van der Waals surface area contributed by atoms with Gasteiger partial charge in [0.2, 0.25) is 5.91 Å². The van der Waals surface area contributed by atoms with E-state index in [0.717, 1.165) is 37.7 Å². The van der Waals surface area contributed by atoms with Gasteiger partial charge in [-0.05, 0) is 50.7 Å². The molecule has 0 spiro atoms. The number of amides is 1. The number of benzene rings is 1. The van der Waals surface area contributed by atoms with Crippen molar-refractivity contribution in [1.82, 2.24) is 4.90 Å². The van der Waals surface area contributed by atoms with E-state index in [-0.39, 0.29) is 17.8 Å². The summed E-state index contributed by atoms with van der Waals surface area (Å²) in [7, 11) is 0. The molecule has 6 heteroatoms. The van der Waals surface area contributed by atoms with Crippen LogP contribution in [0.3, 0.4) is 0 Å². The Bertz CT molecular complexity index is 928. The number of halogens is 1. The van der Waals surface area contributed by atoms with E-state index in [1.54, 1.807) is 17.4 Å². The summed E-state index contributed by atoms with van der Waals surface area (Å²) in [5.41, 5.74) is 2.44. The van der Waals surface area contributed by atoms with Crippen molar-refractivity contribution in [3.63, 3.8) is 0 Å². The van der Waals surface area contributed by atoms with E-state index in [1.165, 1.54) is 10.9 Å². The molecule has 2 aliphatic carbocycles. The molecule has 1 saturated carbocycles. The Labute approximate surface area is 169 Å². The maximum absolute atomic E-state index is 14.2. The van der Waals surface area contributed by atoms with E-state index in [4.69, 9.17) is 0 Å². The van der Waals surface area contributed by atoms with E-state index in [1.807, 2.05) is 19.1 Å². The van der Waals surface area contributed by atoms with Crippen molar-refractivity contribution in [3.8, 4) is 6.07 Å². The number of anilines is 1. The number of nitrogens with zero attached hydrogens (tertiary/aromatic N) is 2. The van der Waals surface area contributed by atoms with Crippen LogP contribution in [-0.4, -0.2) is 23.4 Å². The molecule has 1 fully saturated rings. The van der Waals surface area contributed by atoms with Gasteiger partial charge in [-0.2, -0.15) is 5.26 Å². The third-order valence-corrected chi connectivity index (χ3v) is 6.96. The molecule has 2 aliphatic rings. The summed E-state index contributed by atoms with van der Waals surface area (Å²) in [6.45, 7) is 2.59. The van der Waals surface area contributed by atoms with Gasteiger partial charge in [0.05, 0.1) is 5.56 Å². The molecule has 1 unspecified atom stereocenters. The first kappa shape index (κ1) is 19.1. The number of carbonyl (C=O) groups excluding carboxylic acids is 1. The molecule has 146 valence electrons. The largest absolute Gasteiger partial charge is 0.317 e. The van der Waals surface area contributed by atoms with Crippen molar-refractivity contribution >= 4 is 22.2 Å². The van der Waals surface area contributed by atoms with Crippen LogP contribution in [0.5, 0.6) is 0 Å². The van der Waals surface area contributed by atoms with Crippen LogP contribution < -0.4 is 5.32 Å². The van der Waals surface area contributed by atoms with Crippen LogP contribution in [0.1, 0.15) is 60.2 Å². The molecular weight excluding hydrogens is 373 g/mol. The van der Waals surface area contributed by atoms with Crippen molar-refractivity contribution in [3.05, 3.63) is 51.7 Å². The first-order valence-corrected chi connectivity index (χ1v) is 10.7. The van der Waals surface area contributed by atoms with Crippen molar-refractivity contribution in [2.24, 2.45) is 0 Å². The molecule has 4 rings (SSSR count). The highest BCUT2D eigenvalue weighted by atomic mass is 32.1. The summed E-state index contributed by atoms with van der Waals surface area (Å²) < 4.78 is 14.2. The molecule has 1 N–H and O–H groups in total. The quantitative estimate of drug-likeness (QED) is 0.730. The minimum absolute atomic E-state index is 0.0679. The predicted molar refractivity (Wildman–Crippen MR) is 109 cm³/mol. The topological polar surface area (TPSA) is 56.1 Å². The lowest BCUT2D eigenvalue weighted by atomic mass is 10.1. The third kappa shape index (κ3) is 3.82. The fourth-order valence-corrected chi connectivity index (χ4v) is 5.38. The Kier molecular flexibility index (Phi) is 5.47. The monoisotopic (exact) mass is 397 g/mol. The van der Waals surface area contributed by atoms with Gasteiger partial charge in [-0.15, -0.1) is 11.3 Å². The zero-order chi connectivity index (χ0) is 19.7. The number of rotatable bonds is 7. The van der Waals surface area contributed by atoms with Gasteiger partial charge in [-0.1, -0.05) is 18.2 Å². The van der Waals surface area contributed by atoms with Crippen LogP contribution in [0.15, 0.2) is 24.3 Å². The SMILES string of the molecule is CC(c1ccccc1F)N(CCC(=O)Nc1sc2c(c1C#N)CCC2)C1CC1. The Balaban J connectivity index is 1.41. The van der Waals surface area contributed by atoms with Crippen LogP contribution in [0, 0.1) is 17.1 Å². The van der Waals surface area contributed by atoms with E-state index >= 15 is 0 Å². The standard InChI is InChI=1S/C22H24FN3OS/c1-14(16-5-2-3-7-19(16)23)26(15-9-10-15)12-11-21(27)25-22-18(13-24)17-6-4-8-20(17)28-22/h2-3,5,7,14-15H,4,6,8-12H2,1H3,(H,25,27). The van der Waals surface area contributed by atoms with Crippen LogP contribution in [0.25, 0.3) is 0 Å². The van der Waals surface area contributed by atoms with Gasteiger partial charge >= 0.3 is 0 Å². The summed E-state index contributed by atoms with van der Waals surface area (Å²) >= 11 is 1.54. The second-order valence-corrected chi connectivity index (χ2v) is 8.74. The van der Waals surface area contributed by atoms with Crippen molar-refractivity contribution < 1.29 is 9.18 Å². The van der Waals surface area contributed by atoms with Crippen molar-refractivity contribution in [2.45, 2.75) is 57.5 Å². The molecule has 1 aromatic heterocycles. The number of aryl methyl sites for hydroxylation is 1. The summed E-state index contributed by atoms with van der Waals surface area (Å²) in [6, 6.07) is 9.48. The third-order valence-electron chi connectivity index (χ3n) is 5.75. The Hall–Kier alpha value is -2.23. The van der Waals surface area contributed by atoms with Crippen molar-refractivity contribution in [1.29, 1.82) is 5.26 Å². The second-order valence-electron chi connectivity index (χ2n) is 7.64. The van der Waals surface area contributed by atoms with Gasteiger partial charge in [0.15, 0.2) is 0 Å². The number of carbonyl (C=O) groups is 1. The molecule has 1 aromatic carbocycles. The number of fused-ring (bicyclic) bond motifs is 1. The summed E-state index contributed by atoms with van der Waals surface area (Å²) in [4.78, 5) is 16.0. The van der Waals surface area contributed by atoms with Gasteiger partial charge < -0.3 is 5.32 Å². The summed E-state index contributed by atoms with van der Waals surface area (Å²) in [5.74, 6) is -0.278. The molecule has 28 heavy (non-hydrogen) atoms.